The normalized spacial score (nSPS) is 13.5. The van der Waals surface area contributed by atoms with Crippen LogP contribution in [0.2, 0.25) is 0 Å². The number of nitrogens with two attached hydrogens (primary N) is 1. The average molecular weight is 292 g/mol. The second-order valence-electron chi connectivity index (χ2n) is 4.08. The molecule has 6 nitrogen and oxygen atoms in total. The van der Waals surface area contributed by atoms with Crippen molar-refractivity contribution in [2.75, 3.05) is 26.1 Å². The van der Waals surface area contributed by atoms with Crippen molar-refractivity contribution in [1.29, 1.82) is 0 Å². The Balaban J connectivity index is 3.07. The molecule has 0 spiro atoms. The van der Waals surface area contributed by atoms with Crippen molar-refractivity contribution in [2.45, 2.75) is 17.9 Å². The summed E-state index contributed by atoms with van der Waals surface area (Å²) in [4.78, 5) is -0.289. The van der Waals surface area contributed by atoms with Crippen LogP contribution in [0, 0.1) is 12.7 Å². The Morgan fingerprint density at radius 2 is 2.16 bits per heavy atom. The lowest BCUT2D eigenvalue weighted by Gasteiger charge is -2.16. The summed E-state index contributed by atoms with van der Waals surface area (Å²) in [5, 5.41) is 9.01. The molecule has 0 amide bonds. The van der Waals surface area contributed by atoms with E-state index in [4.69, 9.17) is 15.6 Å². The molecule has 4 N–H and O–H groups in total. The van der Waals surface area contributed by atoms with Gasteiger partial charge in [0.15, 0.2) is 0 Å². The summed E-state index contributed by atoms with van der Waals surface area (Å²) in [6.07, 6.45) is 0. The quantitative estimate of drug-likeness (QED) is 0.641. The highest BCUT2D eigenvalue weighted by molar-refractivity contribution is 7.89. The Labute approximate surface area is 111 Å². The number of nitrogens with one attached hydrogen (secondary N) is 1. The van der Waals surface area contributed by atoms with Gasteiger partial charge in [-0.1, -0.05) is 0 Å². The molecule has 0 bridgehead atoms. The van der Waals surface area contributed by atoms with Gasteiger partial charge in [-0.3, -0.25) is 0 Å². The summed E-state index contributed by atoms with van der Waals surface area (Å²) in [6.45, 7) is 1.02. The summed E-state index contributed by atoms with van der Waals surface area (Å²) in [5.41, 5.74) is 5.77. The molecule has 0 saturated heterocycles. The van der Waals surface area contributed by atoms with Crippen LogP contribution in [0.1, 0.15) is 5.56 Å². The number of aliphatic hydroxyl groups excluding tert-OH is 1. The number of anilines is 1. The van der Waals surface area contributed by atoms with Crippen molar-refractivity contribution in [3.05, 3.63) is 23.5 Å². The number of nitrogen functional groups attached to an aromatic ring is 1. The zero-order valence-electron chi connectivity index (χ0n) is 10.7. The first-order chi connectivity index (χ1) is 8.81. The molecule has 0 aromatic heterocycles. The van der Waals surface area contributed by atoms with Crippen LogP contribution in [0.15, 0.2) is 17.0 Å². The van der Waals surface area contributed by atoms with Crippen molar-refractivity contribution in [3.8, 4) is 0 Å². The Morgan fingerprint density at radius 1 is 1.53 bits per heavy atom. The third-order valence-electron chi connectivity index (χ3n) is 2.58. The molecular weight excluding hydrogens is 275 g/mol. The van der Waals surface area contributed by atoms with Crippen molar-refractivity contribution >= 4 is 15.7 Å². The molecule has 108 valence electrons. The van der Waals surface area contributed by atoms with Crippen LogP contribution in [0.4, 0.5) is 10.1 Å². The maximum atomic E-state index is 13.5. The van der Waals surface area contributed by atoms with E-state index < -0.39 is 28.5 Å². The Bertz CT molecular complexity index is 525. The Hall–Kier alpha value is -1.22. The van der Waals surface area contributed by atoms with E-state index >= 15 is 0 Å². The highest BCUT2D eigenvalue weighted by atomic mass is 32.2. The molecule has 1 unspecified atom stereocenters. The fraction of sp³-hybridized carbons (Fsp3) is 0.455. The van der Waals surface area contributed by atoms with Gasteiger partial charge >= 0.3 is 0 Å². The van der Waals surface area contributed by atoms with Crippen LogP contribution in [-0.4, -0.2) is 39.9 Å². The first kappa shape index (κ1) is 15.8. The van der Waals surface area contributed by atoms with Crippen LogP contribution < -0.4 is 10.5 Å². The van der Waals surface area contributed by atoms with Gasteiger partial charge in [0, 0.05) is 18.4 Å². The summed E-state index contributed by atoms with van der Waals surface area (Å²) in [5.74, 6) is -0.701. The van der Waals surface area contributed by atoms with Crippen molar-refractivity contribution in [3.63, 3.8) is 0 Å². The number of methoxy groups -OCH3 is 1. The molecule has 1 aromatic rings. The standard InChI is InChI=1S/C11H17FN2O4S/c1-7-10(12)3-9(4-11(7)13)19(16,17)14-8(5-15)6-18-2/h3-4,8,14-15H,5-6,13H2,1-2H3. The monoisotopic (exact) mass is 292 g/mol. The van der Waals surface area contributed by atoms with E-state index in [1.54, 1.807) is 0 Å². The van der Waals surface area contributed by atoms with Gasteiger partial charge in [0.1, 0.15) is 5.82 Å². The predicted octanol–water partition coefficient (Wildman–Crippen LogP) is 0.00192. The smallest absolute Gasteiger partial charge is 0.241 e. The maximum Gasteiger partial charge on any atom is 0.241 e. The van der Waals surface area contributed by atoms with Gasteiger partial charge in [-0.05, 0) is 19.1 Å². The molecule has 19 heavy (non-hydrogen) atoms. The van der Waals surface area contributed by atoms with Gasteiger partial charge < -0.3 is 15.6 Å². The van der Waals surface area contributed by atoms with E-state index in [0.29, 0.717) is 0 Å². The van der Waals surface area contributed by atoms with E-state index in [0.717, 1.165) is 6.07 Å². The van der Waals surface area contributed by atoms with E-state index in [-0.39, 0.29) is 22.8 Å². The maximum absolute atomic E-state index is 13.5. The molecule has 0 heterocycles. The second kappa shape index (κ2) is 6.29. The molecule has 0 aliphatic carbocycles. The lowest BCUT2D eigenvalue weighted by molar-refractivity contribution is 0.139. The Morgan fingerprint density at radius 3 is 2.63 bits per heavy atom. The zero-order valence-corrected chi connectivity index (χ0v) is 11.5. The zero-order chi connectivity index (χ0) is 14.6. The first-order valence-electron chi connectivity index (χ1n) is 5.49. The van der Waals surface area contributed by atoms with E-state index in [2.05, 4.69) is 4.72 Å². The number of benzene rings is 1. The predicted molar refractivity (Wildman–Crippen MR) is 68.6 cm³/mol. The van der Waals surface area contributed by atoms with Crippen molar-refractivity contribution in [2.24, 2.45) is 0 Å². The number of halogens is 1. The van der Waals surface area contributed by atoms with Gasteiger partial charge in [0.25, 0.3) is 0 Å². The summed E-state index contributed by atoms with van der Waals surface area (Å²) >= 11 is 0. The number of ether oxygens (including phenoxy) is 1. The molecule has 8 heteroatoms. The molecule has 0 aliphatic heterocycles. The van der Waals surface area contributed by atoms with Crippen molar-refractivity contribution in [1.82, 2.24) is 4.72 Å². The topological polar surface area (TPSA) is 102 Å². The number of sulfonamides is 1. The largest absolute Gasteiger partial charge is 0.398 e. The van der Waals surface area contributed by atoms with Gasteiger partial charge in [-0.2, -0.15) is 0 Å². The second-order valence-corrected chi connectivity index (χ2v) is 5.79. The molecule has 0 fully saturated rings. The number of rotatable bonds is 6. The fourth-order valence-electron chi connectivity index (χ4n) is 1.44. The molecular formula is C11H17FN2O4S. The first-order valence-corrected chi connectivity index (χ1v) is 6.98. The summed E-state index contributed by atoms with van der Waals surface area (Å²) in [6, 6.07) is 1.25. The van der Waals surface area contributed by atoms with Gasteiger partial charge in [-0.25, -0.2) is 17.5 Å². The van der Waals surface area contributed by atoms with Crippen LogP contribution in [0.25, 0.3) is 0 Å². The minimum atomic E-state index is -3.97. The lowest BCUT2D eigenvalue weighted by Crippen LogP contribution is -2.40. The third kappa shape index (κ3) is 3.87. The minimum absolute atomic E-state index is 0.000441. The average Bonchev–Trinajstić information content (AvgIpc) is 2.34. The number of hydrogen-bond acceptors (Lipinski definition) is 5. The highest BCUT2D eigenvalue weighted by Gasteiger charge is 2.21. The van der Waals surface area contributed by atoms with Crippen molar-refractivity contribution < 1.29 is 22.7 Å². The molecule has 0 saturated carbocycles. The number of aliphatic hydroxyl groups is 1. The van der Waals surface area contributed by atoms with Crippen LogP contribution >= 0.6 is 0 Å². The van der Waals surface area contributed by atoms with E-state index in [9.17, 15) is 12.8 Å². The lowest BCUT2D eigenvalue weighted by atomic mass is 10.2. The third-order valence-corrected chi connectivity index (χ3v) is 4.08. The molecule has 1 atom stereocenters. The molecule has 0 radical (unpaired) electrons. The van der Waals surface area contributed by atoms with E-state index in [1.165, 1.54) is 20.1 Å². The van der Waals surface area contributed by atoms with Gasteiger partial charge in [0.05, 0.1) is 24.2 Å². The SMILES string of the molecule is COCC(CO)NS(=O)(=O)c1cc(N)c(C)c(F)c1. The molecule has 0 aliphatic rings. The molecule has 1 aromatic carbocycles. The molecule has 1 rings (SSSR count). The Kier molecular flexibility index (Phi) is 5.24. The van der Waals surface area contributed by atoms with E-state index in [1.807, 2.05) is 0 Å². The highest BCUT2D eigenvalue weighted by Crippen LogP contribution is 2.21. The fourth-order valence-corrected chi connectivity index (χ4v) is 2.70. The summed E-state index contributed by atoms with van der Waals surface area (Å²) in [7, 11) is -2.59. The van der Waals surface area contributed by atoms with Gasteiger partial charge in [-0.15, -0.1) is 0 Å². The van der Waals surface area contributed by atoms with Gasteiger partial charge in [0.2, 0.25) is 10.0 Å². The van der Waals surface area contributed by atoms with Crippen LogP contribution in [0.3, 0.4) is 0 Å². The van der Waals surface area contributed by atoms with Crippen LogP contribution in [0.5, 0.6) is 0 Å². The number of hydrogen-bond donors (Lipinski definition) is 3. The minimum Gasteiger partial charge on any atom is -0.398 e. The van der Waals surface area contributed by atoms with Crippen LogP contribution in [-0.2, 0) is 14.8 Å². The summed E-state index contributed by atoms with van der Waals surface area (Å²) < 4.78 is 44.4.